The summed E-state index contributed by atoms with van der Waals surface area (Å²) in [6.45, 7) is 5.08. The molecule has 0 aliphatic rings. The zero-order valence-corrected chi connectivity index (χ0v) is 12.9. The number of nitrogens with one attached hydrogen (secondary N) is 2. The molecule has 0 aliphatic heterocycles. The van der Waals surface area contributed by atoms with E-state index in [1.165, 1.54) is 17.7 Å². The maximum atomic E-state index is 12.8. The molecule has 2 aromatic rings. The van der Waals surface area contributed by atoms with Crippen LogP contribution in [0.5, 0.6) is 0 Å². The Balaban J connectivity index is 1.73. The molecule has 0 bridgehead atoms. The highest BCUT2D eigenvalue weighted by Crippen LogP contribution is 2.16. The van der Waals surface area contributed by atoms with Crippen LogP contribution in [0.1, 0.15) is 23.1 Å². The molecule has 2 N–H and O–H groups in total. The van der Waals surface area contributed by atoms with Gasteiger partial charge >= 0.3 is 0 Å². The lowest BCUT2D eigenvalue weighted by Crippen LogP contribution is -2.24. The highest BCUT2D eigenvalue weighted by Gasteiger charge is 2.03. The third kappa shape index (κ3) is 4.88. The molecule has 0 fully saturated rings. The first-order valence-corrected chi connectivity index (χ1v) is 7.37. The third-order valence-electron chi connectivity index (χ3n) is 3.46. The summed E-state index contributed by atoms with van der Waals surface area (Å²) in [6.07, 6.45) is 0.397. The Morgan fingerprint density at radius 2 is 1.82 bits per heavy atom. The van der Waals surface area contributed by atoms with Gasteiger partial charge in [0.05, 0.1) is 0 Å². The molecule has 0 spiro atoms. The van der Waals surface area contributed by atoms with Crippen LogP contribution < -0.4 is 10.6 Å². The minimum Gasteiger partial charge on any atom is -0.384 e. The lowest BCUT2D eigenvalue weighted by molar-refractivity contribution is -0.121. The molecule has 0 atom stereocenters. The largest absolute Gasteiger partial charge is 0.384 e. The Morgan fingerprint density at radius 1 is 1.09 bits per heavy atom. The zero-order chi connectivity index (χ0) is 15.9. The van der Waals surface area contributed by atoms with E-state index in [1.807, 2.05) is 13.8 Å². The van der Waals surface area contributed by atoms with Gasteiger partial charge in [-0.3, -0.25) is 4.79 Å². The molecule has 22 heavy (non-hydrogen) atoms. The highest BCUT2D eigenvalue weighted by molar-refractivity contribution is 5.76. The fourth-order valence-corrected chi connectivity index (χ4v) is 2.13. The molecule has 2 aromatic carbocycles. The number of halogens is 1. The highest BCUT2D eigenvalue weighted by atomic mass is 19.1. The normalized spacial score (nSPS) is 10.3. The number of hydrogen-bond donors (Lipinski definition) is 2. The smallest absolute Gasteiger partial charge is 0.222 e. The SMILES string of the molecule is Cc1ccc(C)c(NCCC(=O)NCc2ccc(F)cc2)c1. The van der Waals surface area contributed by atoms with Gasteiger partial charge in [0.2, 0.25) is 5.91 Å². The molecule has 0 unspecified atom stereocenters. The first-order valence-electron chi connectivity index (χ1n) is 7.37. The average Bonchev–Trinajstić information content (AvgIpc) is 2.50. The summed E-state index contributed by atoms with van der Waals surface area (Å²) in [6, 6.07) is 12.3. The summed E-state index contributed by atoms with van der Waals surface area (Å²) in [7, 11) is 0. The van der Waals surface area contributed by atoms with Crippen LogP contribution in [0.25, 0.3) is 0 Å². The van der Waals surface area contributed by atoms with E-state index >= 15 is 0 Å². The third-order valence-corrected chi connectivity index (χ3v) is 3.46. The van der Waals surface area contributed by atoms with E-state index in [0.717, 1.165) is 16.8 Å². The maximum absolute atomic E-state index is 12.8. The summed E-state index contributed by atoms with van der Waals surface area (Å²) in [5.74, 6) is -0.296. The van der Waals surface area contributed by atoms with E-state index in [-0.39, 0.29) is 11.7 Å². The Hall–Kier alpha value is -2.36. The zero-order valence-electron chi connectivity index (χ0n) is 12.9. The number of carbonyl (C=O) groups is 1. The van der Waals surface area contributed by atoms with Crippen molar-refractivity contribution in [1.29, 1.82) is 0 Å². The number of hydrogen-bond acceptors (Lipinski definition) is 2. The molecule has 116 valence electrons. The van der Waals surface area contributed by atoms with E-state index in [0.29, 0.717) is 19.5 Å². The molecule has 0 saturated heterocycles. The number of aryl methyl sites for hydroxylation is 2. The lowest BCUT2D eigenvalue weighted by Gasteiger charge is -2.10. The van der Waals surface area contributed by atoms with Crippen molar-refractivity contribution in [2.75, 3.05) is 11.9 Å². The second kappa shape index (κ2) is 7.59. The van der Waals surface area contributed by atoms with Gasteiger partial charge in [0.25, 0.3) is 0 Å². The van der Waals surface area contributed by atoms with Gasteiger partial charge in [-0.1, -0.05) is 24.3 Å². The Labute approximate surface area is 130 Å². The van der Waals surface area contributed by atoms with Crippen molar-refractivity contribution >= 4 is 11.6 Å². The predicted molar refractivity (Wildman–Crippen MR) is 87.3 cm³/mol. The molecule has 0 aliphatic carbocycles. The topological polar surface area (TPSA) is 41.1 Å². The van der Waals surface area contributed by atoms with Gasteiger partial charge in [0.15, 0.2) is 0 Å². The number of amides is 1. The molecule has 4 heteroatoms. The number of benzene rings is 2. The fraction of sp³-hybridized carbons (Fsp3) is 0.278. The Kier molecular flexibility index (Phi) is 5.53. The van der Waals surface area contributed by atoms with Gasteiger partial charge in [0, 0.05) is 25.2 Å². The average molecular weight is 300 g/mol. The summed E-state index contributed by atoms with van der Waals surface area (Å²) in [4.78, 5) is 11.8. The second-order valence-corrected chi connectivity index (χ2v) is 5.40. The van der Waals surface area contributed by atoms with Crippen molar-refractivity contribution in [2.24, 2.45) is 0 Å². The molecule has 0 saturated carbocycles. The van der Waals surface area contributed by atoms with Gasteiger partial charge in [-0.25, -0.2) is 4.39 Å². The first kappa shape index (κ1) is 16.0. The second-order valence-electron chi connectivity index (χ2n) is 5.40. The van der Waals surface area contributed by atoms with E-state index < -0.39 is 0 Å². The number of carbonyl (C=O) groups excluding carboxylic acids is 1. The quantitative estimate of drug-likeness (QED) is 0.856. The van der Waals surface area contributed by atoms with Gasteiger partial charge in [0.1, 0.15) is 5.82 Å². The minimum atomic E-state index is -0.271. The summed E-state index contributed by atoms with van der Waals surface area (Å²) in [5, 5.41) is 6.11. The van der Waals surface area contributed by atoms with Crippen molar-refractivity contribution in [3.63, 3.8) is 0 Å². The van der Waals surface area contributed by atoms with Gasteiger partial charge in [-0.05, 0) is 48.7 Å². The lowest BCUT2D eigenvalue weighted by atomic mass is 10.1. The van der Waals surface area contributed by atoms with E-state index in [9.17, 15) is 9.18 Å². The molecular formula is C18H21FN2O. The van der Waals surface area contributed by atoms with Crippen LogP contribution >= 0.6 is 0 Å². The minimum absolute atomic E-state index is 0.0258. The summed E-state index contributed by atoms with van der Waals surface area (Å²) in [5.41, 5.74) is 4.30. The molecule has 1 amide bonds. The van der Waals surface area contributed by atoms with Crippen LogP contribution in [0.4, 0.5) is 10.1 Å². The van der Waals surface area contributed by atoms with Crippen LogP contribution in [0, 0.1) is 19.7 Å². The van der Waals surface area contributed by atoms with Gasteiger partial charge < -0.3 is 10.6 Å². The summed E-state index contributed by atoms with van der Waals surface area (Å²) >= 11 is 0. The predicted octanol–water partition coefficient (Wildman–Crippen LogP) is 3.56. The number of rotatable bonds is 6. The van der Waals surface area contributed by atoms with E-state index in [4.69, 9.17) is 0 Å². The van der Waals surface area contributed by atoms with Crippen molar-refractivity contribution in [3.05, 3.63) is 65.0 Å². The van der Waals surface area contributed by atoms with E-state index in [2.05, 4.69) is 28.8 Å². The Morgan fingerprint density at radius 3 is 2.55 bits per heavy atom. The fourth-order valence-electron chi connectivity index (χ4n) is 2.13. The van der Waals surface area contributed by atoms with Gasteiger partial charge in [-0.15, -0.1) is 0 Å². The summed E-state index contributed by atoms with van der Waals surface area (Å²) < 4.78 is 12.8. The van der Waals surface area contributed by atoms with Crippen molar-refractivity contribution in [2.45, 2.75) is 26.8 Å². The standard InChI is InChI=1S/C18H21FN2O/c1-13-3-4-14(2)17(11-13)20-10-9-18(22)21-12-15-5-7-16(19)8-6-15/h3-8,11,20H,9-10,12H2,1-2H3,(H,21,22). The van der Waals surface area contributed by atoms with Crippen LogP contribution in [0.2, 0.25) is 0 Å². The maximum Gasteiger partial charge on any atom is 0.222 e. The van der Waals surface area contributed by atoms with Crippen LogP contribution in [0.15, 0.2) is 42.5 Å². The molecule has 0 radical (unpaired) electrons. The van der Waals surface area contributed by atoms with Crippen LogP contribution in [-0.4, -0.2) is 12.5 Å². The molecular weight excluding hydrogens is 279 g/mol. The van der Waals surface area contributed by atoms with Crippen molar-refractivity contribution in [1.82, 2.24) is 5.32 Å². The molecule has 0 aromatic heterocycles. The molecule has 3 nitrogen and oxygen atoms in total. The monoisotopic (exact) mass is 300 g/mol. The Bertz CT molecular complexity index is 638. The van der Waals surface area contributed by atoms with Crippen LogP contribution in [-0.2, 0) is 11.3 Å². The first-order chi connectivity index (χ1) is 10.5. The van der Waals surface area contributed by atoms with Gasteiger partial charge in [-0.2, -0.15) is 0 Å². The van der Waals surface area contributed by atoms with E-state index in [1.54, 1.807) is 12.1 Å². The van der Waals surface area contributed by atoms with Crippen molar-refractivity contribution < 1.29 is 9.18 Å². The molecule has 0 heterocycles. The number of anilines is 1. The van der Waals surface area contributed by atoms with Crippen molar-refractivity contribution in [3.8, 4) is 0 Å². The molecule has 2 rings (SSSR count). The van der Waals surface area contributed by atoms with Crippen LogP contribution in [0.3, 0.4) is 0 Å².